The summed E-state index contributed by atoms with van der Waals surface area (Å²) in [5.74, 6) is 0.860. The summed E-state index contributed by atoms with van der Waals surface area (Å²) in [5.41, 5.74) is 9.40. The minimum Gasteiger partial charge on any atom is -0.393 e. The molecule has 4 rings (SSSR count). The Morgan fingerprint density at radius 3 is 2.52 bits per heavy atom. The van der Waals surface area contributed by atoms with Gasteiger partial charge in [-0.1, -0.05) is 38.1 Å². The number of nitrogens with zero attached hydrogens (tertiary/aromatic N) is 1. The third-order valence-electron chi connectivity index (χ3n) is 6.53. The lowest BCUT2D eigenvalue weighted by Gasteiger charge is -2.21. The number of aryl methyl sites for hydroxylation is 2. The molecule has 0 atom stereocenters. The maximum Gasteiger partial charge on any atom is 0.0994 e. The van der Waals surface area contributed by atoms with Crippen molar-refractivity contribution >= 4 is 11.3 Å². The molecule has 0 radical (unpaired) electrons. The first kappa shape index (κ1) is 23.1. The third-order valence-corrected chi connectivity index (χ3v) is 6.53. The van der Waals surface area contributed by atoms with Crippen LogP contribution in [0.15, 0.2) is 36.4 Å². The van der Waals surface area contributed by atoms with Gasteiger partial charge in [0.05, 0.1) is 17.7 Å². The maximum atomic E-state index is 9.39. The van der Waals surface area contributed by atoms with E-state index in [4.69, 9.17) is 5.11 Å². The number of nitrogens with one attached hydrogen (secondary N) is 1. The number of aliphatic hydroxyl groups is 1. The number of hydrogen-bond donors (Lipinski definition) is 2. The lowest BCUT2D eigenvalue weighted by atomic mass is 9.88. The van der Waals surface area contributed by atoms with Gasteiger partial charge in [0.1, 0.15) is 0 Å². The molecule has 0 saturated heterocycles. The highest BCUT2D eigenvalue weighted by Gasteiger charge is 2.19. The fourth-order valence-corrected chi connectivity index (χ4v) is 4.67. The molecular formula is C28H36N2O. The van der Waals surface area contributed by atoms with Gasteiger partial charge in [0, 0.05) is 12.2 Å². The first-order valence-electron chi connectivity index (χ1n) is 11.7. The zero-order valence-electron chi connectivity index (χ0n) is 19.5. The average molecular weight is 417 g/mol. The second-order valence-corrected chi connectivity index (χ2v) is 9.04. The van der Waals surface area contributed by atoms with Gasteiger partial charge in [0.2, 0.25) is 0 Å². The number of fused-ring (bicyclic) bond motifs is 1. The summed E-state index contributed by atoms with van der Waals surface area (Å²) in [6, 6.07) is 13.0. The van der Waals surface area contributed by atoms with Crippen molar-refractivity contribution in [3.63, 3.8) is 0 Å². The SMILES string of the molecule is CC/C=C(\c1cc(C#N)c(C)cc1C)c1cccc2c1CCN2.CC1CCC(O)CC1. The van der Waals surface area contributed by atoms with Crippen LogP contribution in [0.2, 0.25) is 0 Å². The molecule has 1 fully saturated rings. The van der Waals surface area contributed by atoms with Crippen molar-refractivity contribution in [1.29, 1.82) is 5.26 Å². The first-order valence-corrected chi connectivity index (χ1v) is 11.7. The Kier molecular flexibility index (Phi) is 7.93. The minimum absolute atomic E-state index is 0.0196. The van der Waals surface area contributed by atoms with E-state index in [2.05, 4.69) is 62.5 Å². The lowest BCUT2D eigenvalue weighted by Crippen LogP contribution is -2.15. The van der Waals surface area contributed by atoms with Crippen LogP contribution in [0.3, 0.4) is 0 Å². The molecule has 3 nitrogen and oxygen atoms in total. The molecule has 2 aliphatic rings. The molecule has 2 N–H and O–H groups in total. The molecule has 0 spiro atoms. The third kappa shape index (κ3) is 5.57. The van der Waals surface area contributed by atoms with E-state index in [1.165, 1.54) is 46.4 Å². The van der Waals surface area contributed by atoms with Gasteiger partial charge in [-0.2, -0.15) is 5.26 Å². The Morgan fingerprint density at radius 1 is 1.13 bits per heavy atom. The summed E-state index contributed by atoms with van der Waals surface area (Å²) in [6.07, 6.45) is 8.84. The lowest BCUT2D eigenvalue weighted by molar-refractivity contribution is 0.112. The number of allylic oxidation sites excluding steroid dienone is 1. The molecule has 3 heteroatoms. The number of aliphatic hydroxyl groups excluding tert-OH is 1. The molecule has 1 saturated carbocycles. The van der Waals surface area contributed by atoms with Crippen LogP contribution in [0, 0.1) is 31.1 Å². The topological polar surface area (TPSA) is 56.0 Å². The second-order valence-electron chi connectivity index (χ2n) is 9.04. The Morgan fingerprint density at radius 2 is 1.87 bits per heavy atom. The van der Waals surface area contributed by atoms with Gasteiger partial charge < -0.3 is 10.4 Å². The van der Waals surface area contributed by atoms with E-state index in [9.17, 15) is 5.26 Å². The van der Waals surface area contributed by atoms with Crippen LogP contribution in [-0.4, -0.2) is 17.8 Å². The number of benzene rings is 2. The van der Waals surface area contributed by atoms with Crippen molar-refractivity contribution in [1.82, 2.24) is 0 Å². The van der Waals surface area contributed by atoms with Gasteiger partial charge in [0.25, 0.3) is 0 Å². The van der Waals surface area contributed by atoms with Gasteiger partial charge in [-0.05, 0) is 104 Å². The fourth-order valence-electron chi connectivity index (χ4n) is 4.67. The summed E-state index contributed by atoms with van der Waals surface area (Å²) >= 11 is 0. The van der Waals surface area contributed by atoms with Gasteiger partial charge in [-0.3, -0.25) is 0 Å². The van der Waals surface area contributed by atoms with Gasteiger partial charge in [-0.25, -0.2) is 0 Å². The average Bonchev–Trinajstić information content (AvgIpc) is 3.24. The molecule has 1 heterocycles. The van der Waals surface area contributed by atoms with Gasteiger partial charge in [0.15, 0.2) is 0 Å². The normalized spacial score (nSPS) is 20.2. The molecule has 2 aromatic rings. The molecule has 0 bridgehead atoms. The van der Waals surface area contributed by atoms with Crippen LogP contribution in [0.25, 0.3) is 5.57 Å². The van der Waals surface area contributed by atoms with Crippen molar-refractivity contribution in [3.8, 4) is 6.07 Å². The van der Waals surface area contributed by atoms with Crippen molar-refractivity contribution in [2.45, 2.75) is 72.3 Å². The van der Waals surface area contributed by atoms with E-state index < -0.39 is 0 Å². The molecule has 31 heavy (non-hydrogen) atoms. The molecule has 0 amide bonds. The summed E-state index contributed by atoms with van der Waals surface area (Å²) in [4.78, 5) is 0. The highest BCUT2D eigenvalue weighted by molar-refractivity contribution is 5.86. The van der Waals surface area contributed by atoms with Crippen molar-refractivity contribution in [2.75, 3.05) is 11.9 Å². The number of hydrogen-bond acceptors (Lipinski definition) is 3. The van der Waals surface area contributed by atoms with Crippen LogP contribution in [0.4, 0.5) is 5.69 Å². The molecule has 0 unspecified atom stereocenters. The van der Waals surface area contributed by atoms with Crippen LogP contribution in [0.5, 0.6) is 0 Å². The van der Waals surface area contributed by atoms with Crippen molar-refractivity contribution < 1.29 is 5.11 Å². The number of anilines is 1. The van der Waals surface area contributed by atoms with E-state index in [0.717, 1.165) is 49.3 Å². The molecule has 2 aromatic carbocycles. The summed E-state index contributed by atoms with van der Waals surface area (Å²) in [6.45, 7) is 9.56. The monoisotopic (exact) mass is 416 g/mol. The molecule has 0 aromatic heterocycles. The van der Waals surface area contributed by atoms with Crippen LogP contribution < -0.4 is 5.32 Å². The molecule has 1 aliphatic heterocycles. The predicted octanol–water partition coefficient (Wildman–Crippen LogP) is 6.54. The van der Waals surface area contributed by atoms with Crippen LogP contribution in [-0.2, 0) is 6.42 Å². The number of rotatable bonds is 3. The summed E-state index contributed by atoms with van der Waals surface area (Å²) in [7, 11) is 0. The molecule has 164 valence electrons. The number of nitriles is 1. The van der Waals surface area contributed by atoms with Gasteiger partial charge >= 0.3 is 0 Å². The Balaban J connectivity index is 0.000000287. The van der Waals surface area contributed by atoms with E-state index in [1.54, 1.807) is 0 Å². The predicted molar refractivity (Wildman–Crippen MR) is 130 cm³/mol. The second kappa shape index (κ2) is 10.6. The smallest absolute Gasteiger partial charge is 0.0994 e. The van der Waals surface area contributed by atoms with E-state index >= 15 is 0 Å². The Bertz CT molecular complexity index is 965. The maximum absolute atomic E-state index is 9.39. The molecule has 1 aliphatic carbocycles. The van der Waals surface area contributed by atoms with E-state index in [-0.39, 0.29) is 6.10 Å². The Hall–Kier alpha value is -2.57. The van der Waals surface area contributed by atoms with Gasteiger partial charge in [-0.15, -0.1) is 0 Å². The fraction of sp³-hybridized carbons (Fsp3) is 0.464. The quantitative estimate of drug-likeness (QED) is 0.597. The van der Waals surface area contributed by atoms with Crippen LogP contribution >= 0.6 is 0 Å². The van der Waals surface area contributed by atoms with E-state index in [0.29, 0.717) is 0 Å². The minimum atomic E-state index is 0.0196. The highest BCUT2D eigenvalue weighted by atomic mass is 16.3. The zero-order chi connectivity index (χ0) is 22.4. The first-order chi connectivity index (χ1) is 14.9. The van der Waals surface area contributed by atoms with Crippen LogP contribution in [0.1, 0.15) is 79.3 Å². The molecular weight excluding hydrogens is 380 g/mol. The largest absolute Gasteiger partial charge is 0.393 e. The Labute approximate surface area is 187 Å². The highest BCUT2D eigenvalue weighted by Crippen LogP contribution is 2.35. The standard InChI is InChI=1S/C21H22N2.C7H14O/c1-4-6-17(18-7-5-8-21-19(18)9-10-23-21)20-12-16(13-22)14(2)11-15(20)3;1-6-2-4-7(8)5-3-6/h5-8,11-12,23H,4,9-10H2,1-3H3;6-8H,2-5H2,1H3/b17-6-;. The van der Waals surface area contributed by atoms with Crippen molar-refractivity contribution in [2.24, 2.45) is 5.92 Å². The summed E-state index contributed by atoms with van der Waals surface area (Å²) < 4.78 is 0. The van der Waals surface area contributed by atoms with E-state index in [1.807, 2.05) is 13.0 Å². The van der Waals surface area contributed by atoms with Crippen molar-refractivity contribution in [3.05, 3.63) is 69.8 Å². The zero-order valence-corrected chi connectivity index (χ0v) is 19.5. The summed E-state index contributed by atoms with van der Waals surface area (Å²) in [5, 5.41) is 21.9.